The van der Waals surface area contributed by atoms with E-state index < -0.39 is 0 Å². The smallest absolute Gasteiger partial charge is 0.257 e. The van der Waals surface area contributed by atoms with Crippen molar-refractivity contribution in [2.45, 2.75) is 20.3 Å². The number of rotatable bonds is 3. The molecule has 1 aliphatic rings. The van der Waals surface area contributed by atoms with Crippen molar-refractivity contribution in [3.8, 4) is 5.95 Å². The van der Waals surface area contributed by atoms with Gasteiger partial charge in [-0.15, -0.1) is 0 Å². The zero-order valence-electron chi connectivity index (χ0n) is 12.3. The molecule has 0 spiro atoms. The maximum atomic E-state index is 5.47. The second-order valence-electron chi connectivity index (χ2n) is 5.54. The number of nitrogens with zero attached hydrogens (tertiary/aromatic N) is 6. The first kappa shape index (κ1) is 13.7. The molecule has 2 atom stereocenters. The molecule has 21 heavy (non-hydrogen) atoms. The van der Waals surface area contributed by atoms with Gasteiger partial charge in [0.25, 0.3) is 5.95 Å². The Hall–Kier alpha value is -2.22. The summed E-state index contributed by atoms with van der Waals surface area (Å²) < 4.78 is 1.60. The first-order valence-corrected chi connectivity index (χ1v) is 7.15. The number of nitrogen functional groups attached to an aromatic ring is 1. The number of anilines is 2. The summed E-state index contributed by atoms with van der Waals surface area (Å²) in [4.78, 5) is 15.3. The molecular weight excluding hydrogens is 268 g/mol. The second kappa shape index (κ2) is 5.65. The van der Waals surface area contributed by atoms with E-state index in [4.69, 9.17) is 5.84 Å². The van der Waals surface area contributed by atoms with Crippen LogP contribution in [0.25, 0.3) is 5.95 Å². The van der Waals surface area contributed by atoms with Crippen LogP contribution in [0.1, 0.15) is 20.3 Å². The quantitative estimate of drug-likeness (QED) is 0.637. The van der Waals surface area contributed by atoms with Gasteiger partial charge in [-0.2, -0.15) is 20.1 Å². The molecule has 8 heteroatoms. The molecule has 1 aliphatic heterocycles. The van der Waals surface area contributed by atoms with E-state index in [0.29, 0.717) is 23.8 Å². The van der Waals surface area contributed by atoms with Crippen molar-refractivity contribution in [1.29, 1.82) is 0 Å². The summed E-state index contributed by atoms with van der Waals surface area (Å²) in [7, 11) is 0. The van der Waals surface area contributed by atoms with E-state index in [2.05, 4.69) is 44.2 Å². The zero-order valence-corrected chi connectivity index (χ0v) is 12.3. The minimum absolute atomic E-state index is 0.344. The molecule has 0 bridgehead atoms. The van der Waals surface area contributed by atoms with E-state index in [1.54, 1.807) is 17.1 Å². The van der Waals surface area contributed by atoms with Crippen LogP contribution in [0.15, 0.2) is 18.5 Å². The van der Waals surface area contributed by atoms with Gasteiger partial charge in [-0.3, -0.25) is 5.43 Å². The Kier molecular flexibility index (Phi) is 3.70. The van der Waals surface area contributed by atoms with Crippen LogP contribution in [0.2, 0.25) is 0 Å². The van der Waals surface area contributed by atoms with Crippen LogP contribution >= 0.6 is 0 Å². The van der Waals surface area contributed by atoms with Gasteiger partial charge in [-0.05, 0) is 24.3 Å². The number of nitrogens with two attached hydrogens (primary N) is 1. The van der Waals surface area contributed by atoms with Crippen LogP contribution in [0, 0.1) is 11.8 Å². The molecule has 3 heterocycles. The van der Waals surface area contributed by atoms with Gasteiger partial charge in [0.15, 0.2) is 0 Å². The molecule has 0 amide bonds. The van der Waals surface area contributed by atoms with E-state index >= 15 is 0 Å². The van der Waals surface area contributed by atoms with Gasteiger partial charge in [0.2, 0.25) is 11.9 Å². The lowest BCUT2D eigenvalue weighted by molar-refractivity contribution is 0.321. The van der Waals surface area contributed by atoms with Gasteiger partial charge < -0.3 is 4.90 Å². The van der Waals surface area contributed by atoms with Gasteiger partial charge in [0.05, 0.1) is 0 Å². The van der Waals surface area contributed by atoms with E-state index in [1.807, 2.05) is 6.07 Å². The Morgan fingerprint density at radius 1 is 1.19 bits per heavy atom. The number of piperidine rings is 1. The predicted octanol–water partition coefficient (Wildman–Crippen LogP) is 0.825. The highest BCUT2D eigenvalue weighted by Crippen LogP contribution is 2.25. The average molecular weight is 288 g/mol. The van der Waals surface area contributed by atoms with Crippen LogP contribution in [-0.4, -0.2) is 37.8 Å². The molecule has 2 unspecified atom stereocenters. The third kappa shape index (κ3) is 2.80. The molecule has 2 aromatic rings. The summed E-state index contributed by atoms with van der Waals surface area (Å²) >= 11 is 0. The van der Waals surface area contributed by atoms with Crippen molar-refractivity contribution in [2.24, 2.45) is 17.7 Å². The van der Waals surface area contributed by atoms with Crippen molar-refractivity contribution < 1.29 is 0 Å². The lowest BCUT2D eigenvalue weighted by Crippen LogP contribution is -2.39. The molecule has 2 aromatic heterocycles. The summed E-state index contributed by atoms with van der Waals surface area (Å²) in [5.41, 5.74) is 2.50. The molecule has 0 aromatic carbocycles. The van der Waals surface area contributed by atoms with Gasteiger partial charge in [-0.25, -0.2) is 10.5 Å². The molecule has 0 saturated carbocycles. The first-order chi connectivity index (χ1) is 10.2. The molecule has 1 saturated heterocycles. The molecule has 3 rings (SSSR count). The predicted molar refractivity (Wildman–Crippen MR) is 79.9 cm³/mol. The maximum absolute atomic E-state index is 5.47. The Morgan fingerprint density at radius 2 is 2.00 bits per heavy atom. The van der Waals surface area contributed by atoms with E-state index in [-0.39, 0.29) is 0 Å². The zero-order chi connectivity index (χ0) is 14.8. The van der Waals surface area contributed by atoms with Crippen LogP contribution in [0.4, 0.5) is 11.9 Å². The first-order valence-electron chi connectivity index (χ1n) is 7.15. The highest BCUT2D eigenvalue weighted by molar-refractivity contribution is 5.39. The van der Waals surface area contributed by atoms with Crippen LogP contribution in [-0.2, 0) is 0 Å². The molecule has 8 nitrogen and oxygen atoms in total. The van der Waals surface area contributed by atoms with E-state index in [0.717, 1.165) is 25.4 Å². The fraction of sp³-hybridized carbons (Fsp3) is 0.538. The number of hydrogen-bond donors (Lipinski definition) is 2. The Bertz CT molecular complexity index is 596. The second-order valence-corrected chi connectivity index (χ2v) is 5.54. The third-order valence-electron chi connectivity index (χ3n) is 4.07. The third-order valence-corrected chi connectivity index (χ3v) is 4.07. The lowest BCUT2D eigenvalue weighted by atomic mass is 9.89. The monoisotopic (exact) mass is 288 g/mol. The summed E-state index contributed by atoms with van der Waals surface area (Å²) in [6, 6.07) is 1.82. The largest absolute Gasteiger partial charge is 0.340 e. The average Bonchev–Trinajstić information content (AvgIpc) is 3.04. The van der Waals surface area contributed by atoms with Gasteiger partial charge >= 0.3 is 0 Å². The normalized spacial score (nSPS) is 22.3. The topological polar surface area (TPSA) is 97.8 Å². The summed E-state index contributed by atoms with van der Waals surface area (Å²) in [6.45, 7) is 6.43. The standard InChI is InChI=1S/C13H20N8/c1-9-4-7-20(8-10(9)2)12-16-11(19-14)17-13(18-12)21-6-3-5-15-21/h3,5-6,9-10H,4,7-8,14H2,1-2H3,(H,16,17,18,19). The maximum Gasteiger partial charge on any atom is 0.257 e. The molecule has 0 aliphatic carbocycles. The SMILES string of the molecule is CC1CCN(c2nc(NN)nc(-n3cccn3)n2)CC1C. The van der Waals surface area contributed by atoms with E-state index in [9.17, 15) is 0 Å². The van der Waals surface area contributed by atoms with Crippen molar-refractivity contribution in [2.75, 3.05) is 23.4 Å². The molecule has 1 fully saturated rings. The van der Waals surface area contributed by atoms with Crippen LogP contribution in [0.3, 0.4) is 0 Å². The Labute approximate surface area is 123 Å². The van der Waals surface area contributed by atoms with Gasteiger partial charge in [0, 0.05) is 25.5 Å². The van der Waals surface area contributed by atoms with Gasteiger partial charge in [-0.1, -0.05) is 13.8 Å². The summed E-state index contributed by atoms with van der Waals surface area (Å²) in [6.07, 6.45) is 4.61. The van der Waals surface area contributed by atoms with Crippen molar-refractivity contribution in [3.63, 3.8) is 0 Å². The highest BCUT2D eigenvalue weighted by Gasteiger charge is 2.25. The number of nitrogens with one attached hydrogen (secondary N) is 1. The fourth-order valence-corrected chi connectivity index (χ4v) is 2.49. The van der Waals surface area contributed by atoms with Crippen LogP contribution in [0.5, 0.6) is 0 Å². The molecular formula is C13H20N8. The molecule has 0 radical (unpaired) electrons. The summed E-state index contributed by atoms with van der Waals surface area (Å²) in [5, 5.41) is 4.15. The van der Waals surface area contributed by atoms with Crippen molar-refractivity contribution in [1.82, 2.24) is 24.7 Å². The van der Waals surface area contributed by atoms with Crippen molar-refractivity contribution in [3.05, 3.63) is 18.5 Å². The van der Waals surface area contributed by atoms with Crippen molar-refractivity contribution >= 4 is 11.9 Å². The minimum Gasteiger partial charge on any atom is -0.340 e. The summed E-state index contributed by atoms with van der Waals surface area (Å²) in [5.74, 6) is 8.25. The Morgan fingerprint density at radius 3 is 2.67 bits per heavy atom. The van der Waals surface area contributed by atoms with Gasteiger partial charge in [0.1, 0.15) is 0 Å². The van der Waals surface area contributed by atoms with Crippen LogP contribution < -0.4 is 16.2 Å². The fourth-order valence-electron chi connectivity index (χ4n) is 2.49. The molecule has 3 N–H and O–H groups in total. The minimum atomic E-state index is 0.344. The number of aromatic nitrogens is 5. The highest BCUT2D eigenvalue weighted by atomic mass is 15.4. The lowest BCUT2D eigenvalue weighted by Gasteiger charge is -2.35. The molecule has 112 valence electrons. The Balaban J connectivity index is 1.93. The van der Waals surface area contributed by atoms with E-state index in [1.165, 1.54) is 0 Å². The number of hydrazine groups is 1. The number of hydrogen-bond acceptors (Lipinski definition) is 7.